The van der Waals surface area contributed by atoms with Gasteiger partial charge in [-0.3, -0.25) is 4.79 Å². The molecule has 1 aliphatic heterocycles. The van der Waals surface area contributed by atoms with Gasteiger partial charge in [0.25, 0.3) is 11.8 Å². The highest BCUT2D eigenvalue weighted by Gasteiger charge is 2.43. The Morgan fingerprint density at radius 2 is 2.00 bits per heavy atom. The Morgan fingerprint density at radius 3 is 2.64 bits per heavy atom. The summed E-state index contributed by atoms with van der Waals surface area (Å²) in [4.78, 5) is 27.2. The number of hydrogen-bond acceptors (Lipinski definition) is 5. The summed E-state index contributed by atoms with van der Waals surface area (Å²) in [5, 5.41) is 11.7. The molecule has 0 saturated carbocycles. The van der Waals surface area contributed by atoms with Crippen molar-refractivity contribution < 1.29 is 28.6 Å². The smallest absolute Gasteiger partial charge is 0.404 e. The van der Waals surface area contributed by atoms with Crippen molar-refractivity contribution in [1.29, 1.82) is 0 Å². The van der Waals surface area contributed by atoms with Crippen LogP contribution in [-0.4, -0.2) is 35.7 Å². The molecule has 8 nitrogen and oxygen atoms in total. The van der Waals surface area contributed by atoms with E-state index in [1.165, 1.54) is 13.2 Å². The number of amides is 2. The molecular weight excluding hydrogens is 453 g/mol. The van der Waals surface area contributed by atoms with Crippen molar-refractivity contribution in [1.82, 2.24) is 10.3 Å². The molecule has 0 saturated heterocycles. The number of fused-ring (bicyclic) bond motifs is 1. The lowest BCUT2D eigenvalue weighted by Gasteiger charge is -2.29. The maximum Gasteiger partial charge on any atom is 0.404 e. The molecule has 0 aliphatic carbocycles. The van der Waals surface area contributed by atoms with E-state index in [2.05, 4.69) is 10.3 Å². The number of halogens is 2. The standard InChI is InChI=1S/C23H19ClFN3O5/c1-32-21-19(25)18(14(10-27-21)20(26)29)17-13-9-23(11-28-22(30)31,12-5-3-2-4-6-12)33-16(13)8-7-15(17)24/h2-8,10,28H,9,11H2,1H3,(H2,26,29)(H,30,31)/t23-/m1/s1. The number of ether oxygens (including phenoxy) is 2. The van der Waals surface area contributed by atoms with Gasteiger partial charge in [0.2, 0.25) is 0 Å². The molecule has 0 unspecified atom stereocenters. The molecule has 4 rings (SSSR count). The zero-order valence-electron chi connectivity index (χ0n) is 17.4. The fourth-order valence-corrected chi connectivity index (χ4v) is 4.31. The van der Waals surface area contributed by atoms with Crippen molar-refractivity contribution in [2.24, 2.45) is 5.73 Å². The molecule has 170 valence electrons. The highest BCUT2D eigenvalue weighted by Crippen LogP contribution is 2.49. The largest absolute Gasteiger partial charge is 0.480 e. The number of carbonyl (C=O) groups is 2. The van der Waals surface area contributed by atoms with E-state index >= 15 is 4.39 Å². The van der Waals surface area contributed by atoms with Crippen LogP contribution in [0, 0.1) is 5.82 Å². The van der Waals surface area contributed by atoms with Crippen molar-refractivity contribution >= 4 is 23.6 Å². The SMILES string of the molecule is COc1ncc(C(N)=O)c(-c2c(Cl)ccc3c2C[C@@](CNC(=O)O)(c2ccccc2)O3)c1F. The number of carboxylic acid groups (broad SMARTS) is 1. The lowest BCUT2D eigenvalue weighted by molar-refractivity contribution is 0.0898. The molecule has 1 aromatic heterocycles. The highest BCUT2D eigenvalue weighted by atomic mass is 35.5. The van der Waals surface area contributed by atoms with Gasteiger partial charge in [0.1, 0.15) is 5.75 Å². The average molecular weight is 472 g/mol. The summed E-state index contributed by atoms with van der Waals surface area (Å²) in [7, 11) is 1.25. The Kier molecular flexibility index (Phi) is 5.82. The summed E-state index contributed by atoms with van der Waals surface area (Å²) >= 11 is 6.51. The molecule has 2 heterocycles. The highest BCUT2D eigenvalue weighted by molar-refractivity contribution is 6.34. The third-order valence-electron chi connectivity index (χ3n) is 5.51. The predicted molar refractivity (Wildman–Crippen MR) is 118 cm³/mol. The molecule has 0 radical (unpaired) electrons. The van der Waals surface area contributed by atoms with E-state index in [0.717, 1.165) is 6.20 Å². The molecule has 0 spiro atoms. The maximum absolute atomic E-state index is 15.4. The van der Waals surface area contributed by atoms with Crippen LogP contribution >= 0.6 is 11.6 Å². The van der Waals surface area contributed by atoms with E-state index in [1.54, 1.807) is 18.2 Å². The third kappa shape index (κ3) is 3.91. The lowest BCUT2D eigenvalue weighted by Crippen LogP contribution is -2.43. The number of nitrogens with one attached hydrogen (secondary N) is 1. The molecule has 4 N–H and O–H groups in total. The van der Waals surface area contributed by atoms with Crippen LogP contribution in [0.3, 0.4) is 0 Å². The number of aromatic nitrogens is 1. The molecule has 1 aliphatic rings. The first-order chi connectivity index (χ1) is 15.8. The van der Waals surface area contributed by atoms with Crippen LogP contribution in [0.1, 0.15) is 21.5 Å². The van der Waals surface area contributed by atoms with Gasteiger partial charge in [0, 0.05) is 34.3 Å². The van der Waals surface area contributed by atoms with Crippen molar-refractivity contribution in [2.45, 2.75) is 12.0 Å². The van der Waals surface area contributed by atoms with Gasteiger partial charge in [-0.2, -0.15) is 0 Å². The summed E-state index contributed by atoms with van der Waals surface area (Å²) in [6, 6.07) is 12.2. The number of carbonyl (C=O) groups excluding carboxylic acids is 1. The van der Waals surface area contributed by atoms with Crippen LogP contribution in [0.4, 0.5) is 9.18 Å². The topological polar surface area (TPSA) is 124 Å². The van der Waals surface area contributed by atoms with Crippen molar-refractivity contribution in [3.63, 3.8) is 0 Å². The van der Waals surface area contributed by atoms with Gasteiger partial charge in [-0.1, -0.05) is 41.9 Å². The summed E-state index contributed by atoms with van der Waals surface area (Å²) in [5.41, 5.74) is 5.44. The molecule has 10 heteroatoms. The Labute approximate surface area is 193 Å². The molecule has 0 fully saturated rings. The monoisotopic (exact) mass is 471 g/mol. The molecule has 1 atom stereocenters. The Morgan fingerprint density at radius 1 is 1.27 bits per heavy atom. The number of methoxy groups -OCH3 is 1. The number of pyridine rings is 1. The molecular formula is C23H19ClFN3O5. The van der Waals surface area contributed by atoms with Crippen LogP contribution in [-0.2, 0) is 12.0 Å². The van der Waals surface area contributed by atoms with Gasteiger partial charge in [-0.25, -0.2) is 14.2 Å². The second-order valence-electron chi connectivity index (χ2n) is 7.43. The van der Waals surface area contributed by atoms with Crippen LogP contribution in [0.5, 0.6) is 11.6 Å². The number of hydrogen-bond donors (Lipinski definition) is 3. The number of rotatable bonds is 6. The Balaban J connectivity index is 1.94. The van der Waals surface area contributed by atoms with Gasteiger partial charge >= 0.3 is 6.09 Å². The third-order valence-corrected chi connectivity index (χ3v) is 5.82. The minimum atomic E-state index is -1.22. The van der Waals surface area contributed by atoms with Gasteiger partial charge in [-0.15, -0.1) is 0 Å². The molecule has 2 aromatic carbocycles. The second-order valence-corrected chi connectivity index (χ2v) is 7.84. The number of nitrogens with two attached hydrogens (primary N) is 1. The van der Waals surface area contributed by atoms with Crippen LogP contribution < -0.4 is 20.5 Å². The quantitative estimate of drug-likeness (QED) is 0.503. The zero-order valence-corrected chi connectivity index (χ0v) is 18.1. The van der Waals surface area contributed by atoms with Gasteiger partial charge in [0.15, 0.2) is 11.4 Å². The Bertz CT molecular complexity index is 1250. The maximum atomic E-state index is 15.4. The van der Waals surface area contributed by atoms with E-state index in [1.807, 2.05) is 18.2 Å². The van der Waals surface area contributed by atoms with E-state index in [4.69, 9.17) is 26.8 Å². The predicted octanol–water partition coefficient (Wildman–Crippen LogP) is 3.75. The van der Waals surface area contributed by atoms with E-state index in [0.29, 0.717) is 16.9 Å². The van der Waals surface area contributed by atoms with Crippen molar-refractivity contribution in [3.05, 3.63) is 76.2 Å². The summed E-state index contributed by atoms with van der Waals surface area (Å²) in [6.45, 7) is -0.0804. The fraction of sp³-hybridized carbons (Fsp3) is 0.174. The van der Waals surface area contributed by atoms with Crippen LogP contribution in [0.25, 0.3) is 11.1 Å². The average Bonchev–Trinajstić information content (AvgIpc) is 3.18. The number of nitrogens with zero attached hydrogens (tertiary/aromatic N) is 1. The fourth-order valence-electron chi connectivity index (χ4n) is 4.04. The minimum absolute atomic E-state index is 0.0804. The van der Waals surface area contributed by atoms with Crippen LogP contribution in [0.15, 0.2) is 48.7 Å². The first-order valence-electron chi connectivity index (χ1n) is 9.83. The Hall–Kier alpha value is -3.85. The molecule has 3 aromatic rings. The summed E-state index contributed by atoms with van der Waals surface area (Å²) < 4.78 is 26.7. The lowest BCUT2D eigenvalue weighted by atomic mass is 9.85. The van der Waals surface area contributed by atoms with Crippen molar-refractivity contribution in [2.75, 3.05) is 13.7 Å². The zero-order chi connectivity index (χ0) is 23.8. The number of benzene rings is 2. The van der Waals surface area contributed by atoms with E-state index < -0.39 is 23.4 Å². The van der Waals surface area contributed by atoms with Crippen molar-refractivity contribution in [3.8, 4) is 22.8 Å². The normalized spacial score (nSPS) is 16.6. The van der Waals surface area contributed by atoms with E-state index in [-0.39, 0.29) is 40.6 Å². The summed E-state index contributed by atoms with van der Waals surface area (Å²) in [6.07, 6.45) is 0.0517. The first kappa shape index (κ1) is 22.3. The van der Waals surface area contributed by atoms with E-state index in [9.17, 15) is 14.7 Å². The van der Waals surface area contributed by atoms with Gasteiger partial charge in [-0.05, 0) is 17.7 Å². The minimum Gasteiger partial charge on any atom is -0.480 e. The molecule has 2 amide bonds. The molecule has 33 heavy (non-hydrogen) atoms. The van der Waals surface area contributed by atoms with Crippen LogP contribution in [0.2, 0.25) is 5.02 Å². The first-order valence-corrected chi connectivity index (χ1v) is 10.2. The van der Waals surface area contributed by atoms with Gasteiger partial charge in [0.05, 0.1) is 19.2 Å². The molecule has 0 bridgehead atoms. The summed E-state index contributed by atoms with van der Waals surface area (Å²) in [5.74, 6) is -1.75. The number of primary amides is 1. The second kappa shape index (κ2) is 8.59. The van der Waals surface area contributed by atoms with Gasteiger partial charge < -0.3 is 25.6 Å².